The van der Waals surface area contributed by atoms with Crippen molar-refractivity contribution in [1.29, 1.82) is 0 Å². The Balaban J connectivity index is 2.10. The van der Waals surface area contributed by atoms with E-state index < -0.39 is 5.97 Å². The van der Waals surface area contributed by atoms with Gasteiger partial charge in [-0.05, 0) is 43.0 Å². The number of hydrogen-bond donors (Lipinski definition) is 1. The number of likely N-dealkylation sites (tertiary alicyclic amines) is 1. The Morgan fingerprint density at radius 2 is 2.11 bits per heavy atom. The summed E-state index contributed by atoms with van der Waals surface area (Å²) in [5.41, 5.74) is 1.17. The Hall–Kier alpha value is -0.870. The zero-order valence-corrected chi connectivity index (χ0v) is 12.1. The van der Waals surface area contributed by atoms with Crippen molar-refractivity contribution in [3.63, 3.8) is 0 Å². The van der Waals surface area contributed by atoms with Gasteiger partial charge >= 0.3 is 5.97 Å². The minimum atomic E-state index is -0.695. The summed E-state index contributed by atoms with van der Waals surface area (Å²) in [7, 11) is 0. The number of piperidine rings is 1. The van der Waals surface area contributed by atoms with Crippen LogP contribution in [0.4, 0.5) is 0 Å². The van der Waals surface area contributed by atoms with Gasteiger partial charge in [-0.15, -0.1) is 0 Å². The van der Waals surface area contributed by atoms with Crippen LogP contribution in [0.15, 0.2) is 28.7 Å². The highest BCUT2D eigenvalue weighted by Gasteiger charge is 2.33. The second kappa shape index (κ2) is 5.85. The van der Waals surface area contributed by atoms with Crippen molar-refractivity contribution in [2.75, 3.05) is 6.54 Å². The highest BCUT2D eigenvalue weighted by atomic mass is 79.9. The first-order chi connectivity index (χ1) is 8.58. The van der Waals surface area contributed by atoms with Gasteiger partial charge in [0.1, 0.15) is 6.04 Å². The molecule has 1 heterocycles. The molecule has 2 rings (SSSR count). The van der Waals surface area contributed by atoms with Crippen molar-refractivity contribution in [2.45, 2.75) is 32.4 Å². The average Bonchev–Trinajstić information content (AvgIpc) is 2.32. The summed E-state index contributed by atoms with van der Waals surface area (Å²) < 4.78 is 1.05. The standard InChI is InChI=1S/C14H18BrNO2/c1-10-3-2-8-16(13(10)14(17)18)9-11-4-6-12(15)7-5-11/h4-7,10,13H,2-3,8-9H2,1H3,(H,17,18). The molecule has 1 fully saturated rings. The first-order valence-electron chi connectivity index (χ1n) is 6.29. The number of benzene rings is 1. The van der Waals surface area contributed by atoms with Crippen molar-refractivity contribution in [1.82, 2.24) is 4.90 Å². The lowest BCUT2D eigenvalue weighted by molar-refractivity contribution is -0.147. The monoisotopic (exact) mass is 311 g/mol. The summed E-state index contributed by atoms with van der Waals surface area (Å²) >= 11 is 3.41. The van der Waals surface area contributed by atoms with E-state index in [1.165, 1.54) is 5.56 Å². The number of carbonyl (C=O) groups is 1. The van der Waals surface area contributed by atoms with Gasteiger partial charge < -0.3 is 5.11 Å². The molecular weight excluding hydrogens is 294 g/mol. The Morgan fingerprint density at radius 3 is 2.72 bits per heavy atom. The highest BCUT2D eigenvalue weighted by molar-refractivity contribution is 9.10. The Kier molecular flexibility index (Phi) is 4.40. The molecule has 18 heavy (non-hydrogen) atoms. The summed E-state index contributed by atoms with van der Waals surface area (Å²) in [6.07, 6.45) is 2.09. The van der Waals surface area contributed by atoms with Crippen molar-refractivity contribution in [3.8, 4) is 0 Å². The Morgan fingerprint density at radius 1 is 1.44 bits per heavy atom. The molecular formula is C14H18BrNO2. The molecule has 2 atom stereocenters. The van der Waals surface area contributed by atoms with Crippen LogP contribution in [0.1, 0.15) is 25.3 Å². The van der Waals surface area contributed by atoms with Gasteiger partial charge in [-0.3, -0.25) is 9.69 Å². The van der Waals surface area contributed by atoms with E-state index in [0.717, 1.165) is 23.9 Å². The smallest absolute Gasteiger partial charge is 0.321 e. The van der Waals surface area contributed by atoms with Crippen LogP contribution in [0.3, 0.4) is 0 Å². The van der Waals surface area contributed by atoms with Crippen LogP contribution in [0.2, 0.25) is 0 Å². The van der Waals surface area contributed by atoms with Gasteiger partial charge in [0.2, 0.25) is 0 Å². The van der Waals surface area contributed by atoms with E-state index in [4.69, 9.17) is 0 Å². The van der Waals surface area contributed by atoms with Crippen molar-refractivity contribution >= 4 is 21.9 Å². The normalized spacial score (nSPS) is 25.0. The number of nitrogens with zero attached hydrogens (tertiary/aromatic N) is 1. The number of hydrogen-bond acceptors (Lipinski definition) is 2. The molecule has 1 aliphatic rings. The van der Waals surface area contributed by atoms with E-state index in [2.05, 4.69) is 20.8 Å². The zero-order chi connectivity index (χ0) is 13.1. The fraction of sp³-hybridized carbons (Fsp3) is 0.500. The van der Waals surface area contributed by atoms with Crippen LogP contribution in [0.25, 0.3) is 0 Å². The zero-order valence-electron chi connectivity index (χ0n) is 10.5. The van der Waals surface area contributed by atoms with E-state index in [9.17, 15) is 9.90 Å². The van der Waals surface area contributed by atoms with Crippen LogP contribution in [-0.4, -0.2) is 28.6 Å². The van der Waals surface area contributed by atoms with Gasteiger partial charge in [0.25, 0.3) is 0 Å². The molecule has 0 aliphatic carbocycles. The van der Waals surface area contributed by atoms with E-state index in [0.29, 0.717) is 6.54 Å². The number of carboxylic acids is 1. The maximum absolute atomic E-state index is 11.4. The Labute approximate surface area is 116 Å². The lowest BCUT2D eigenvalue weighted by Crippen LogP contribution is -2.48. The molecule has 0 amide bonds. The lowest BCUT2D eigenvalue weighted by Gasteiger charge is -2.37. The largest absolute Gasteiger partial charge is 0.480 e. The predicted molar refractivity (Wildman–Crippen MR) is 74.4 cm³/mol. The van der Waals surface area contributed by atoms with Gasteiger partial charge in [-0.2, -0.15) is 0 Å². The molecule has 1 aromatic carbocycles. The number of carboxylic acid groups (broad SMARTS) is 1. The molecule has 0 bridgehead atoms. The fourth-order valence-electron chi connectivity index (χ4n) is 2.67. The van der Waals surface area contributed by atoms with Crippen LogP contribution in [-0.2, 0) is 11.3 Å². The van der Waals surface area contributed by atoms with Crippen molar-refractivity contribution < 1.29 is 9.90 Å². The SMILES string of the molecule is CC1CCCN(Cc2ccc(Br)cc2)C1C(=O)O. The van der Waals surface area contributed by atoms with E-state index in [-0.39, 0.29) is 12.0 Å². The minimum Gasteiger partial charge on any atom is -0.480 e. The molecule has 2 unspecified atom stereocenters. The van der Waals surface area contributed by atoms with Gasteiger partial charge in [-0.25, -0.2) is 0 Å². The third kappa shape index (κ3) is 3.12. The minimum absolute atomic E-state index is 0.228. The maximum Gasteiger partial charge on any atom is 0.321 e. The lowest BCUT2D eigenvalue weighted by atomic mass is 9.90. The predicted octanol–water partition coefficient (Wildman–Crippen LogP) is 3.13. The molecule has 1 aromatic rings. The van der Waals surface area contributed by atoms with Crippen LogP contribution < -0.4 is 0 Å². The first-order valence-corrected chi connectivity index (χ1v) is 7.08. The van der Waals surface area contributed by atoms with Crippen molar-refractivity contribution in [3.05, 3.63) is 34.3 Å². The van der Waals surface area contributed by atoms with Crippen molar-refractivity contribution in [2.24, 2.45) is 5.92 Å². The molecule has 4 heteroatoms. The Bertz CT molecular complexity index is 418. The molecule has 0 spiro atoms. The van der Waals surface area contributed by atoms with Gasteiger partial charge in [0.15, 0.2) is 0 Å². The summed E-state index contributed by atoms with van der Waals surface area (Å²) in [6, 6.07) is 7.74. The number of rotatable bonds is 3. The first kappa shape index (κ1) is 13.6. The van der Waals surface area contributed by atoms with Gasteiger partial charge in [0, 0.05) is 11.0 Å². The summed E-state index contributed by atoms with van der Waals surface area (Å²) in [6.45, 7) is 3.62. The molecule has 1 N–H and O–H groups in total. The fourth-order valence-corrected chi connectivity index (χ4v) is 2.94. The van der Waals surface area contributed by atoms with Crippen LogP contribution in [0, 0.1) is 5.92 Å². The van der Waals surface area contributed by atoms with E-state index in [1.54, 1.807) is 0 Å². The second-order valence-electron chi connectivity index (χ2n) is 5.00. The molecule has 3 nitrogen and oxygen atoms in total. The molecule has 1 saturated heterocycles. The molecule has 0 radical (unpaired) electrons. The van der Waals surface area contributed by atoms with Gasteiger partial charge in [-0.1, -0.05) is 35.0 Å². The molecule has 0 aromatic heterocycles. The third-order valence-corrected chi connectivity index (χ3v) is 4.12. The van der Waals surface area contributed by atoms with E-state index >= 15 is 0 Å². The van der Waals surface area contributed by atoms with Gasteiger partial charge in [0.05, 0.1) is 0 Å². The number of aliphatic carboxylic acids is 1. The van der Waals surface area contributed by atoms with Crippen LogP contribution in [0.5, 0.6) is 0 Å². The molecule has 98 valence electrons. The third-order valence-electron chi connectivity index (χ3n) is 3.59. The summed E-state index contributed by atoms with van der Waals surface area (Å²) in [4.78, 5) is 13.5. The topological polar surface area (TPSA) is 40.5 Å². The summed E-state index contributed by atoms with van der Waals surface area (Å²) in [5.74, 6) is -0.467. The maximum atomic E-state index is 11.4. The highest BCUT2D eigenvalue weighted by Crippen LogP contribution is 2.25. The quantitative estimate of drug-likeness (QED) is 0.932. The van der Waals surface area contributed by atoms with E-state index in [1.807, 2.05) is 31.2 Å². The molecule has 0 saturated carbocycles. The number of halogens is 1. The average molecular weight is 312 g/mol. The molecule has 1 aliphatic heterocycles. The second-order valence-corrected chi connectivity index (χ2v) is 5.92. The van der Waals surface area contributed by atoms with Crippen LogP contribution >= 0.6 is 15.9 Å². The summed E-state index contributed by atoms with van der Waals surface area (Å²) in [5, 5.41) is 9.35.